The zero-order valence-electron chi connectivity index (χ0n) is 11.5. The van der Waals surface area contributed by atoms with Crippen molar-refractivity contribution in [2.75, 3.05) is 0 Å². The van der Waals surface area contributed by atoms with Crippen LogP contribution in [0.25, 0.3) is 0 Å². The van der Waals surface area contributed by atoms with Crippen molar-refractivity contribution >= 4 is 41.3 Å². The van der Waals surface area contributed by atoms with Crippen molar-refractivity contribution in [2.45, 2.75) is 43.6 Å². The van der Waals surface area contributed by atoms with Gasteiger partial charge in [0.25, 0.3) is 0 Å². The van der Waals surface area contributed by atoms with Gasteiger partial charge in [-0.3, -0.25) is 0 Å². The summed E-state index contributed by atoms with van der Waals surface area (Å²) in [6, 6.07) is 9.12. The van der Waals surface area contributed by atoms with Crippen molar-refractivity contribution in [1.29, 1.82) is 0 Å². The van der Waals surface area contributed by atoms with Crippen LogP contribution in [0.1, 0.15) is 12.0 Å². The minimum atomic E-state index is -1.14. The molecule has 104 valence electrons. The van der Waals surface area contributed by atoms with Gasteiger partial charge < -0.3 is 4.84 Å². The zero-order chi connectivity index (χ0) is 14.0. The molecule has 19 heavy (non-hydrogen) atoms. The second kappa shape index (κ2) is 5.98. The van der Waals surface area contributed by atoms with E-state index in [4.69, 9.17) is 16.4 Å². The first-order chi connectivity index (χ1) is 8.85. The predicted octanol–water partition coefficient (Wildman–Crippen LogP) is 4.89. The highest BCUT2D eigenvalue weighted by atomic mass is 79.9. The topological polar surface area (TPSA) is 21.6 Å². The fourth-order valence-electron chi connectivity index (χ4n) is 2.23. The molecule has 0 bridgehead atoms. The minimum absolute atomic E-state index is 0.0590. The van der Waals surface area contributed by atoms with Gasteiger partial charge in [0.2, 0.25) is 0 Å². The minimum Gasteiger partial charge on any atom is -0.392 e. The summed E-state index contributed by atoms with van der Waals surface area (Å²) < 4.78 is 1.05. The Labute approximate surface area is 129 Å². The molecular weight excluding hydrogens is 342 g/mol. The Morgan fingerprint density at radius 2 is 1.95 bits per heavy atom. The summed E-state index contributed by atoms with van der Waals surface area (Å²) in [4.78, 5) is 5.65. The van der Waals surface area contributed by atoms with Gasteiger partial charge in [-0.05, 0) is 18.2 Å². The molecule has 1 aromatic rings. The number of hydrogen-bond donors (Lipinski definition) is 0. The molecule has 0 radical (unpaired) electrons. The van der Waals surface area contributed by atoms with Crippen LogP contribution < -0.4 is 0 Å². The van der Waals surface area contributed by atoms with Crippen LogP contribution >= 0.6 is 27.5 Å². The van der Waals surface area contributed by atoms with E-state index in [0.29, 0.717) is 0 Å². The van der Waals surface area contributed by atoms with Gasteiger partial charge in [0, 0.05) is 24.5 Å². The number of halogens is 2. The molecule has 0 unspecified atom stereocenters. The first kappa shape index (κ1) is 15.1. The average molecular weight is 361 g/mol. The molecule has 0 saturated heterocycles. The number of alkyl halides is 1. The summed E-state index contributed by atoms with van der Waals surface area (Å²) in [5.41, 5.74) is 1.88. The van der Waals surface area contributed by atoms with E-state index in [-0.39, 0.29) is 11.5 Å². The molecule has 0 fully saturated rings. The van der Waals surface area contributed by atoms with Crippen LogP contribution in [0, 0.1) is 0 Å². The van der Waals surface area contributed by atoms with Gasteiger partial charge in [0.05, 0.1) is 5.38 Å². The average Bonchev–Trinajstić information content (AvgIpc) is 2.29. The van der Waals surface area contributed by atoms with Crippen molar-refractivity contribution in [3.8, 4) is 0 Å². The van der Waals surface area contributed by atoms with Gasteiger partial charge in [-0.15, -0.1) is 11.6 Å². The second-order valence-corrected chi connectivity index (χ2v) is 13.2. The summed E-state index contributed by atoms with van der Waals surface area (Å²) in [6.07, 6.45) is 1.02. The van der Waals surface area contributed by atoms with Gasteiger partial charge >= 0.3 is 0 Å². The first-order valence-electron chi connectivity index (χ1n) is 6.49. The Bertz CT molecular complexity index is 469. The lowest BCUT2D eigenvalue weighted by atomic mass is 10.0. The molecule has 0 N–H and O–H groups in total. The Morgan fingerprint density at radius 3 is 2.47 bits per heavy atom. The maximum absolute atomic E-state index is 6.47. The van der Waals surface area contributed by atoms with E-state index in [0.717, 1.165) is 28.2 Å². The lowest BCUT2D eigenvalue weighted by molar-refractivity contribution is 0.0573. The molecule has 0 aliphatic carbocycles. The molecular formula is C14H19BrClNOSi. The largest absolute Gasteiger partial charge is 0.392 e. The Kier molecular flexibility index (Phi) is 4.74. The third-order valence-electron chi connectivity index (χ3n) is 3.05. The smallest absolute Gasteiger partial charge is 0.127 e. The third-order valence-corrected chi connectivity index (χ3v) is 5.64. The molecule has 1 aromatic carbocycles. The van der Waals surface area contributed by atoms with Gasteiger partial charge in [-0.2, -0.15) is 0 Å². The number of benzene rings is 1. The summed E-state index contributed by atoms with van der Waals surface area (Å²) in [5.74, 6) is 0. The van der Waals surface area contributed by atoms with Crippen LogP contribution in [-0.4, -0.2) is 25.3 Å². The van der Waals surface area contributed by atoms with Gasteiger partial charge in [0.1, 0.15) is 11.8 Å². The fraction of sp³-hybridized carbons (Fsp3) is 0.500. The normalized spacial score (nSPS) is 23.7. The van der Waals surface area contributed by atoms with E-state index in [1.54, 1.807) is 0 Å². The number of oxime groups is 1. The summed E-state index contributed by atoms with van der Waals surface area (Å²) >= 11 is 9.90. The van der Waals surface area contributed by atoms with Crippen molar-refractivity contribution in [2.24, 2.45) is 5.16 Å². The maximum Gasteiger partial charge on any atom is 0.127 e. The highest BCUT2D eigenvalue weighted by molar-refractivity contribution is 9.10. The highest BCUT2D eigenvalue weighted by Gasteiger charge is 2.30. The summed E-state index contributed by atoms with van der Waals surface area (Å²) in [5, 5.41) is 4.21. The molecule has 0 amide bonds. The van der Waals surface area contributed by atoms with Crippen LogP contribution in [0.3, 0.4) is 0 Å². The van der Waals surface area contributed by atoms with Crippen LogP contribution in [0.15, 0.2) is 33.9 Å². The molecule has 2 atom stereocenters. The second-order valence-electron chi connectivity index (χ2n) is 6.18. The van der Waals surface area contributed by atoms with E-state index in [2.05, 4.69) is 40.7 Å². The molecule has 0 spiro atoms. The fourth-order valence-corrected chi connectivity index (χ4v) is 4.47. The molecule has 1 heterocycles. The summed E-state index contributed by atoms with van der Waals surface area (Å²) in [7, 11) is -1.14. The molecule has 1 aliphatic heterocycles. The molecule has 1 aliphatic rings. The molecule has 0 aromatic heterocycles. The molecule has 0 saturated carbocycles. The van der Waals surface area contributed by atoms with Crippen LogP contribution in [0.2, 0.25) is 25.7 Å². The standard InChI is InChI=1S/C14H19BrClNOSi/c1-19(2,3)9-12-8-13(16)14(17-18-12)10-4-6-11(15)7-5-10/h4-7,12-13H,8-9H2,1-3H3/t12-,13-/m0/s1. The van der Waals surface area contributed by atoms with E-state index >= 15 is 0 Å². The van der Waals surface area contributed by atoms with Gasteiger partial charge in [-0.25, -0.2) is 0 Å². The molecule has 5 heteroatoms. The van der Waals surface area contributed by atoms with Gasteiger partial charge in [-0.1, -0.05) is 52.9 Å². The van der Waals surface area contributed by atoms with Crippen LogP contribution in [-0.2, 0) is 4.84 Å². The number of rotatable bonds is 3. The quantitative estimate of drug-likeness (QED) is 0.555. The van der Waals surface area contributed by atoms with E-state index in [9.17, 15) is 0 Å². The maximum atomic E-state index is 6.47. The van der Waals surface area contributed by atoms with Gasteiger partial charge in [0.15, 0.2) is 0 Å². The lowest BCUT2D eigenvalue weighted by Crippen LogP contribution is -2.34. The first-order valence-corrected chi connectivity index (χ1v) is 11.4. The Balaban J connectivity index is 2.10. The predicted molar refractivity (Wildman–Crippen MR) is 88.0 cm³/mol. The number of hydrogen-bond acceptors (Lipinski definition) is 2. The SMILES string of the molecule is C[Si](C)(C)C[C@@H]1C[C@H](Cl)C(c2ccc(Br)cc2)=NO1. The molecule has 2 nitrogen and oxygen atoms in total. The van der Waals surface area contributed by atoms with E-state index < -0.39 is 8.07 Å². The van der Waals surface area contributed by atoms with E-state index in [1.807, 2.05) is 24.3 Å². The number of nitrogens with zero attached hydrogens (tertiary/aromatic N) is 1. The summed E-state index contributed by atoms with van der Waals surface area (Å²) in [6.45, 7) is 7.02. The van der Waals surface area contributed by atoms with Crippen molar-refractivity contribution < 1.29 is 4.84 Å². The monoisotopic (exact) mass is 359 g/mol. The van der Waals surface area contributed by atoms with E-state index in [1.165, 1.54) is 0 Å². The lowest BCUT2D eigenvalue weighted by Gasteiger charge is -2.28. The molecule has 2 rings (SSSR count). The van der Waals surface area contributed by atoms with Crippen LogP contribution in [0.5, 0.6) is 0 Å². The van der Waals surface area contributed by atoms with Crippen molar-refractivity contribution in [3.05, 3.63) is 34.3 Å². The highest BCUT2D eigenvalue weighted by Crippen LogP contribution is 2.27. The van der Waals surface area contributed by atoms with Crippen LogP contribution in [0.4, 0.5) is 0 Å². The zero-order valence-corrected chi connectivity index (χ0v) is 14.8. The Hall–Kier alpha value is -0.323. The van der Waals surface area contributed by atoms with Crippen molar-refractivity contribution in [3.63, 3.8) is 0 Å². The van der Waals surface area contributed by atoms with Crippen molar-refractivity contribution in [1.82, 2.24) is 0 Å². The Morgan fingerprint density at radius 1 is 1.32 bits per heavy atom. The third kappa shape index (κ3) is 4.33.